The highest BCUT2D eigenvalue weighted by atomic mass is 32.2. The summed E-state index contributed by atoms with van der Waals surface area (Å²) < 4.78 is 28.1. The van der Waals surface area contributed by atoms with Crippen molar-refractivity contribution in [3.8, 4) is 0 Å². The molecule has 1 aromatic rings. The summed E-state index contributed by atoms with van der Waals surface area (Å²) in [7, 11) is -1.62. The van der Waals surface area contributed by atoms with Crippen molar-refractivity contribution in [2.45, 2.75) is 52.1 Å². The van der Waals surface area contributed by atoms with E-state index >= 15 is 0 Å². The number of hydrogen-bond donors (Lipinski definition) is 2. The number of rotatable bonds is 5. The van der Waals surface area contributed by atoms with E-state index in [9.17, 15) is 8.42 Å². The average Bonchev–Trinajstić information content (AvgIpc) is 2.74. The van der Waals surface area contributed by atoms with E-state index in [0.29, 0.717) is 11.4 Å². The third-order valence-corrected chi connectivity index (χ3v) is 6.71. The summed E-state index contributed by atoms with van der Waals surface area (Å²) in [5, 5.41) is 3.07. The van der Waals surface area contributed by atoms with Gasteiger partial charge in [0.05, 0.1) is 4.90 Å². The fraction of sp³-hybridized carbons (Fsp3) is 0.625. The van der Waals surface area contributed by atoms with Crippen LogP contribution in [0.25, 0.3) is 0 Å². The van der Waals surface area contributed by atoms with Crippen LogP contribution in [-0.4, -0.2) is 21.5 Å². The quantitative estimate of drug-likeness (QED) is 0.878. The summed E-state index contributed by atoms with van der Waals surface area (Å²) in [5.41, 5.74) is 2.07. The van der Waals surface area contributed by atoms with Crippen LogP contribution in [0, 0.1) is 17.8 Å². The van der Waals surface area contributed by atoms with Crippen molar-refractivity contribution in [2.75, 3.05) is 7.05 Å². The first-order valence-corrected chi connectivity index (χ1v) is 8.79. The second kappa shape index (κ2) is 5.07. The lowest BCUT2D eigenvalue weighted by Crippen LogP contribution is -2.30. The van der Waals surface area contributed by atoms with Gasteiger partial charge in [0.1, 0.15) is 0 Å². The van der Waals surface area contributed by atoms with E-state index in [1.54, 1.807) is 12.1 Å². The molecule has 1 aliphatic rings. The van der Waals surface area contributed by atoms with Gasteiger partial charge in [-0.2, -0.15) is 0 Å². The third kappa shape index (κ3) is 2.74. The van der Waals surface area contributed by atoms with E-state index in [1.165, 1.54) is 0 Å². The maximum Gasteiger partial charge on any atom is 0.240 e. The van der Waals surface area contributed by atoms with Crippen LogP contribution < -0.4 is 10.0 Å². The van der Waals surface area contributed by atoms with E-state index in [-0.39, 0.29) is 16.9 Å². The van der Waals surface area contributed by atoms with Crippen LogP contribution in [0.2, 0.25) is 0 Å². The van der Waals surface area contributed by atoms with Crippen molar-refractivity contribution >= 4 is 10.0 Å². The Bertz CT molecular complexity index is 634. The minimum Gasteiger partial charge on any atom is -0.316 e. The van der Waals surface area contributed by atoms with Crippen molar-refractivity contribution in [1.29, 1.82) is 0 Å². The first-order valence-electron chi connectivity index (χ1n) is 7.30. The van der Waals surface area contributed by atoms with Gasteiger partial charge in [0, 0.05) is 12.6 Å². The number of aryl methyl sites for hydroxylation is 1. The van der Waals surface area contributed by atoms with Gasteiger partial charge >= 0.3 is 0 Å². The molecule has 0 bridgehead atoms. The third-order valence-electron chi connectivity index (χ3n) is 5.29. The van der Waals surface area contributed by atoms with Crippen molar-refractivity contribution in [2.24, 2.45) is 10.8 Å². The Hall–Kier alpha value is -0.910. The van der Waals surface area contributed by atoms with Gasteiger partial charge in [0.25, 0.3) is 0 Å². The monoisotopic (exact) mass is 310 g/mol. The molecule has 0 atom stereocenters. The van der Waals surface area contributed by atoms with Crippen molar-refractivity contribution in [1.82, 2.24) is 10.0 Å². The predicted molar refractivity (Wildman–Crippen MR) is 85.6 cm³/mol. The zero-order valence-electron chi connectivity index (χ0n) is 13.7. The molecule has 0 saturated heterocycles. The molecule has 1 fully saturated rings. The summed E-state index contributed by atoms with van der Waals surface area (Å²) in [6.45, 7) is 11.0. The smallest absolute Gasteiger partial charge is 0.240 e. The standard InChI is InChI=1S/C16H26N2O2S/c1-11-7-8-13(9-12(11)10-17-6)21(19,20)18-14-15(2,3)16(14,4)5/h7-9,14,17-18H,10H2,1-6H3. The second-order valence-corrected chi connectivity index (χ2v) is 8.83. The van der Waals surface area contributed by atoms with Gasteiger partial charge in [0.15, 0.2) is 0 Å². The molecule has 2 rings (SSSR count). The molecule has 0 unspecified atom stereocenters. The molecular weight excluding hydrogens is 284 g/mol. The highest BCUT2D eigenvalue weighted by Crippen LogP contribution is 2.62. The van der Waals surface area contributed by atoms with Crippen LogP contribution in [0.4, 0.5) is 0 Å². The lowest BCUT2D eigenvalue weighted by molar-refractivity contribution is 0.457. The van der Waals surface area contributed by atoms with Crippen LogP contribution in [-0.2, 0) is 16.6 Å². The summed E-state index contributed by atoms with van der Waals surface area (Å²) in [6, 6.07) is 5.28. The maximum atomic E-state index is 12.6. The van der Waals surface area contributed by atoms with Crippen molar-refractivity contribution in [3.05, 3.63) is 29.3 Å². The Balaban J connectivity index is 2.27. The Morgan fingerprint density at radius 2 is 1.71 bits per heavy atom. The van der Waals surface area contributed by atoms with E-state index in [2.05, 4.69) is 37.7 Å². The fourth-order valence-electron chi connectivity index (χ4n) is 2.91. The highest BCUT2D eigenvalue weighted by molar-refractivity contribution is 7.89. The molecule has 0 radical (unpaired) electrons. The number of benzene rings is 1. The van der Waals surface area contributed by atoms with Gasteiger partial charge < -0.3 is 5.32 Å². The molecule has 21 heavy (non-hydrogen) atoms. The number of sulfonamides is 1. The molecule has 0 heterocycles. The second-order valence-electron chi connectivity index (χ2n) is 7.12. The SMILES string of the molecule is CNCc1cc(S(=O)(=O)NC2C(C)(C)C2(C)C)ccc1C. The van der Waals surface area contributed by atoms with Crippen LogP contribution in [0.1, 0.15) is 38.8 Å². The van der Waals surface area contributed by atoms with Crippen molar-refractivity contribution < 1.29 is 8.42 Å². The van der Waals surface area contributed by atoms with Gasteiger partial charge in [-0.05, 0) is 48.1 Å². The molecule has 0 aliphatic heterocycles. The first kappa shape index (κ1) is 16.5. The topological polar surface area (TPSA) is 58.2 Å². The van der Waals surface area contributed by atoms with Crippen molar-refractivity contribution in [3.63, 3.8) is 0 Å². The minimum atomic E-state index is -3.47. The average molecular weight is 310 g/mol. The Labute approximate surface area is 128 Å². The van der Waals surface area contributed by atoms with Gasteiger partial charge in [-0.3, -0.25) is 0 Å². The van der Waals surface area contributed by atoms with E-state index < -0.39 is 10.0 Å². The van der Waals surface area contributed by atoms with E-state index in [1.807, 2.05) is 20.0 Å². The van der Waals surface area contributed by atoms with Gasteiger partial charge in [-0.1, -0.05) is 33.8 Å². The highest BCUT2D eigenvalue weighted by Gasteiger charge is 2.66. The zero-order chi connectivity index (χ0) is 16.1. The summed E-state index contributed by atoms with van der Waals surface area (Å²) in [6.07, 6.45) is 0. The molecule has 0 amide bonds. The van der Waals surface area contributed by atoms with Crippen LogP contribution in [0.5, 0.6) is 0 Å². The molecule has 118 valence electrons. The Morgan fingerprint density at radius 3 is 2.19 bits per heavy atom. The Morgan fingerprint density at radius 1 is 1.14 bits per heavy atom. The molecule has 2 N–H and O–H groups in total. The van der Waals surface area contributed by atoms with Gasteiger partial charge in [-0.25, -0.2) is 13.1 Å². The number of nitrogens with one attached hydrogen (secondary N) is 2. The van der Waals surface area contributed by atoms with E-state index in [4.69, 9.17) is 0 Å². The van der Waals surface area contributed by atoms with E-state index in [0.717, 1.165) is 11.1 Å². The zero-order valence-corrected chi connectivity index (χ0v) is 14.6. The predicted octanol–water partition coefficient (Wildman–Crippen LogP) is 2.43. The largest absolute Gasteiger partial charge is 0.316 e. The van der Waals surface area contributed by atoms with Gasteiger partial charge in [-0.15, -0.1) is 0 Å². The van der Waals surface area contributed by atoms with Crippen LogP contribution in [0.15, 0.2) is 23.1 Å². The molecule has 0 spiro atoms. The molecular formula is C16H26N2O2S. The fourth-order valence-corrected chi connectivity index (χ4v) is 4.49. The molecule has 1 aliphatic carbocycles. The van der Waals surface area contributed by atoms with Crippen LogP contribution >= 0.6 is 0 Å². The molecule has 0 aromatic heterocycles. The molecule has 1 saturated carbocycles. The first-order chi connectivity index (χ1) is 9.54. The lowest BCUT2D eigenvalue weighted by Gasteiger charge is -2.11. The molecule has 4 nitrogen and oxygen atoms in total. The number of hydrogen-bond acceptors (Lipinski definition) is 3. The summed E-state index contributed by atoms with van der Waals surface area (Å²) >= 11 is 0. The normalized spacial score (nSPS) is 20.5. The van der Waals surface area contributed by atoms with Gasteiger partial charge in [0.2, 0.25) is 10.0 Å². The Kier molecular flexibility index (Phi) is 3.98. The molecule has 1 aromatic carbocycles. The molecule has 5 heteroatoms. The van der Waals surface area contributed by atoms with Crippen LogP contribution in [0.3, 0.4) is 0 Å². The summed E-state index contributed by atoms with van der Waals surface area (Å²) in [5.74, 6) is 0. The maximum absolute atomic E-state index is 12.6. The minimum absolute atomic E-state index is 0.0153. The summed E-state index contributed by atoms with van der Waals surface area (Å²) in [4.78, 5) is 0.344. The lowest BCUT2D eigenvalue weighted by atomic mass is 10.0.